The SMILES string of the molecule is CCC(COC(=O)C1CCCC(S)C1)(COC(=O)C1CCC2SC2C1)COC(=O)C1CCC2SC2C1. The summed E-state index contributed by atoms with van der Waals surface area (Å²) in [6.45, 7) is 2.28. The second kappa shape index (κ2) is 11.7. The molecule has 2 saturated heterocycles. The van der Waals surface area contributed by atoms with Crippen LogP contribution in [-0.4, -0.2) is 64.0 Å². The van der Waals surface area contributed by atoms with Gasteiger partial charge in [-0.25, -0.2) is 0 Å². The van der Waals surface area contributed by atoms with E-state index in [1.54, 1.807) is 0 Å². The lowest BCUT2D eigenvalue weighted by Gasteiger charge is -2.33. The number of thioether (sulfide) groups is 2. The van der Waals surface area contributed by atoms with E-state index >= 15 is 0 Å². The molecule has 0 N–H and O–H groups in total. The highest BCUT2D eigenvalue weighted by Gasteiger charge is 2.47. The maximum absolute atomic E-state index is 12.9. The minimum absolute atomic E-state index is 0.0540. The van der Waals surface area contributed by atoms with Crippen molar-refractivity contribution in [2.24, 2.45) is 23.2 Å². The van der Waals surface area contributed by atoms with E-state index in [0.29, 0.717) is 16.9 Å². The van der Waals surface area contributed by atoms with Crippen molar-refractivity contribution in [2.45, 2.75) is 104 Å². The highest BCUT2D eigenvalue weighted by Crippen LogP contribution is 2.53. The molecule has 3 aliphatic carbocycles. The lowest BCUT2D eigenvalue weighted by molar-refractivity contribution is -0.168. The van der Waals surface area contributed by atoms with Crippen LogP contribution >= 0.6 is 36.2 Å². The van der Waals surface area contributed by atoms with Crippen LogP contribution in [0.15, 0.2) is 0 Å². The van der Waals surface area contributed by atoms with E-state index in [-0.39, 0.29) is 60.7 Å². The number of hydrogen-bond acceptors (Lipinski definition) is 9. The van der Waals surface area contributed by atoms with Gasteiger partial charge in [0.15, 0.2) is 0 Å². The summed E-state index contributed by atoms with van der Waals surface area (Å²) in [5, 5.41) is 2.93. The number of thiol groups is 1. The minimum atomic E-state index is -0.729. The van der Waals surface area contributed by atoms with Gasteiger partial charge in [0.25, 0.3) is 0 Å². The van der Waals surface area contributed by atoms with Crippen LogP contribution in [0.2, 0.25) is 0 Å². The summed E-state index contributed by atoms with van der Waals surface area (Å²) < 4.78 is 17.5. The second-order valence-corrected chi connectivity index (χ2v) is 15.3. The standard InChI is InChI=1S/C27H40O6S3/c1-2-27(13-31-24(28)16-4-3-5-19(34)10-16,14-32-25(29)17-6-8-20-22(11-17)35-20)15-33-26(30)18-7-9-21-23(12-18)36-21/h16-23,34H,2-15H2,1H3. The van der Waals surface area contributed by atoms with Crippen LogP contribution in [0.1, 0.15) is 77.6 Å². The highest BCUT2D eigenvalue weighted by molar-refractivity contribution is 8.08. The molecule has 0 radical (unpaired) electrons. The van der Waals surface area contributed by atoms with Crippen molar-refractivity contribution < 1.29 is 28.6 Å². The fraction of sp³-hybridized carbons (Fsp3) is 0.889. The first kappa shape index (κ1) is 27.0. The number of carbonyl (C=O) groups excluding carboxylic acids is 3. The Balaban J connectivity index is 1.18. The van der Waals surface area contributed by atoms with Crippen molar-refractivity contribution in [2.75, 3.05) is 19.8 Å². The summed E-state index contributed by atoms with van der Waals surface area (Å²) in [5.74, 6) is -0.782. The van der Waals surface area contributed by atoms with Gasteiger partial charge in [-0.2, -0.15) is 36.2 Å². The second-order valence-electron chi connectivity index (χ2n) is 11.6. The predicted octanol–water partition coefficient (Wildman–Crippen LogP) is 5.07. The fourth-order valence-electron chi connectivity index (χ4n) is 6.07. The Hall–Kier alpha value is -0.540. The third kappa shape index (κ3) is 6.71. The number of carbonyl (C=O) groups is 3. The van der Waals surface area contributed by atoms with Gasteiger partial charge in [-0.1, -0.05) is 13.3 Å². The molecule has 5 aliphatic rings. The van der Waals surface area contributed by atoms with Gasteiger partial charge in [0, 0.05) is 26.2 Å². The molecule has 8 unspecified atom stereocenters. The summed E-state index contributed by atoms with van der Waals surface area (Å²) >= 11 is 8.51. The Labute approximate surface area is 228 Å². The van der Waals surface area contributed by atoms with E-state index in [0.717, 1.165) is 74.7 Å². The molecule has 3 saturated carbocycles. The number of esters is 3. The van der Waals surface area contributed by atoms with Gasteiger partial charge >= 0.3 is 17.9 Å². The van der Waals surface area contributed by atoms with Crippen LogP contribution in [-0.2, 0) is 28.6 Å². The first-order valence-electron chi connectivity index (χ1n) is 13.8. The third-order valence-corrected chi connectivity index (χ3v) is 12.4. The molecule has 6 nitrogen and oxygen atoms in total. The molecule has 5 fully saturated rings. The molecule has 0 spiro atoms. The maximum Gasteiger partial charge on any atom is 0.308 e. The molecule has 36 heavy (non-hydrogen) atoms. The maximum atomic E-state index is 12.9. The topological polar surface area (TPSA) is 78.9 Å². The average Bonchev–Trinajstić information content (AvgIpc) is 3.81. The highest BCUT2D eigenvalue weighted by atomic mass is 32.2. The molecule has 5 rings (SSSR count). The van der Waals surface area contributed by atoms with Gasteiger partial charge in [-0.15, -0.1) is 0 Å². The molecular weight excluding hydrogens is 516 g/mol. The summed E-state index contributed by atoms with van der Waals surface area (Å²) in [5.41, 5.74) is -0.729. The summed E-state index contributed by atoms with van der Waals surface area (Å²) in [6.07, 6.45) is 9.85. The smallest absolute Gasteiger partial charge is 0.308 e. The van der Waals surface area contributed by atoms with Crippen LogP contribution < -0.4 is 0 Å². The Kier molecular flexibility index (Phi) is 8.78. The summed E-state index contributed by atoms with van der Waals surface area (Å²) in [4.78, 5) is 38.7. The van der Waals surface area contributed by atoms with E-state index in [9.17, 15) is 14.4 Å². The van der Waals surface area contributed by atoms with Gasteiger partial charge in [0.1, 0.15) is 19.8 Å². The molecule has 202 valence electrons. The zero-order valence-corrected chi connectivity index (χ0v) is 23.8. The number of hydrogen-bond donors (Lipinski definition) is 1. The van der Waals surface area contributed by atoms with Crippen molar-refractivity contribution in [3.63, 3.8) is 0 Å². The van der Waals surface area contributed by atoms with Crippen molar-refractivity contribution in [3.05, 3.63) is 0 Å². The molecule has 2 aliphatic heterocycles. The zero-order chi connectivity index (χ0) is 25.3. The van der Waals surface area contributed by atoms with Gasteiger partial charge < -0.3 is 14.2 Å². The van der Waals surface area contributed by atoms with Crippen molar-refractivity contribution in [1.29, 1.82) is 0 Å². The minimum Gasteiger partial charge on any atom is -0.465 e. The number of rotatable bonds is 10. The average molecular weight is 557 g/mol. The first-order chi connectivity index (χ1) is 17.4. The quantitative estimate of drug-likeness (QED) is 0.173. The molecule has 0 aromatic heterocycles. The van der Waals surface area contributed by atoms with Crippen molar-refractivity contribution in [3.8, 4) is 0 Å². The lowest BCUT2D eigenvalue weighted by Crippen LogP contribution is -2.41. The van der Waals surface area contributed by atoms with Crippen LogP contribution in [0.25, 0.3) is 0 Å². The Morgan fingerprint density at radius 3 is 1.58 bits per heavy atom. The van der Waals surface area contributed by atoms with E-state index in [1.165, 1.54) is 0 Å². The van der Waals surface area contributed by atoms with E-state index in [2.05, 4.69) is 12.6 Å². The Morgan fingerprint density at radius 2 is 1.17 bits per heavy atom. The molecule has 2 heterocycles. The van der Waals surface area contributed by atoms with E-state index < -0.39 is 5.41 Å². The van der Waals surface area contributed by atoms with Crippen LogP contribution in [0.5, 0.6) is 0 Å². The molecule has 0 aromatic carbocycles. The zero-order valence-electron chi connectivity index (χ0n) is 21.2. The molecule has 0 aromatic rings. The predicted molar refractivity (Wildman–Crippen MR) is 145 cm³/mol. The Morgan fingerprint density at radius 1 is 0.694 bits per heavy atom. The molecule has 9 heteroatoms. The monoisotopic (exact) mass is 556 g/mol. The summed E-state index contributed by atoms with van der Waals surface area (Å²) in [7, 11) is 0. The number of ether oxygens (including phenoxy) is 3. The largest absolute Gasteiger partial charge is 0.465 e. The molecular formula is C27H40O6S3. The normalized spacial score (nSPS) is 38.5. The van der Waals surface area contributed by atoms with Gasteiger partial charge in [-0.05, 0) is 64.2 Å². The Bertz CT molecular complexity index is 759. The van der Waals surface area contributed by atoms with Gasteiger partial charge in [0.05, 0.1) is 23.2 Å². The molecule has 0 amide bonds. The molecule has 8 atom stereocenters. The first-order valence-corrected chi connectivity index (χ1v) is 16.2. The van der Waals surface area contributed by atoms with E-state index in [1.807, 2.05) is 30.4 Å². The number of fused-ring (bicyclic) bond motifs is 2. The van der Waals surface area contributed by atoms with Gasteiger partial charge in [0.2, 0.25) is 0 Å². The third-order valence-electron chi connectivity index (χ3n) is 8.97. The van der Waals surface area contributed by atoms with Crippen LogP contribution in [0.3, 0.4) is 0 Å². The van der Waals surface area contributed by atoms with Crippen molar-refractivity contribution in [1.82, 2.24) is 0 Å². The van der Waals surface area contributed by atoms with Gasteiger partial charge in [-0.3, -0.25) is 14.4 Å². The summed E-state index contributed by atoms with van der Waals surface area (Å²) in [6, 6.07) is 0. The van der Waals surface area contributed by atoms with Crippen LogP contribution in [0.4, 0.5) is 0 Å². The molecule has 0 bridgehead atoms. The van der Waals surface area contributed by atoms with Crippen molar-refractivity contribution >= 4 is 54.1 Å². The fourth-order valence-corrected chi connectivity index (χ4v) is 8.95. The van der Waals surface area contributed by atoms with E-state index in [4.69, 9.17) is 14.2 Å². The van der Waals surface area contributed by atoms with Crippen LogP contribution in [0, 0.1) is 23.2 Å². The lowest BCUT2D eigenvalue weighted by atomic mass is 9.86.